The molecule has 3 aromatic rings. The molecule has 0 spiro atoms. The number of rotatable bonds is 3. The molecule has 2 heterocycles. The number of carboxylic acid groups (broad SMARTS) is 1. The van der Waals surface area contributed by atoms with Crippen LogP contribution in [-0.4, -0.2) is 16.2 Å². The Bertz CT molecular complexity index is 1140. The zero-order valence-electron chi connectivity index (χ0n) is 19.3. The number of ether oxygens (including phenoxy) is 1. The van der Waals surface area contributed by atoms with Crippen molar-refractivity contribution in [2.45, 2.75) is 52.5 Å². The van der Waals surface area contributed by atoms with Crippen LogP contribution in [0.25, 0.3) is 11.1 Å². The number of aromatic nitrogens is 1. The molecule has 1 atom stereocenters. The summed E-state index contributed by atoms with van der Waals surface area (Å²) in [5.74, 6) is 0.342. The quantitative estimate of drug-likeness (QED) is 0.352. The highest BCUT2D eigenvalue weighted by Gasteiger charge is 2.36. The van der Waals surface area contributed by atoms with Gasteiger partial charge in [-0.2, -0.15) is 0 Å². The molecule has 0 saturated carbocycles. The molecule has 0 aliphatic carbocycles. The average molecular weight is 431 g/mol. The van der Waals surface area contributed by atoms with Crippen LogP contribution < -0.4 is 10.1 Å². The van der Waals surface area contributed by atoms with Crippen LogP contribution in [0.1, 0.15) is 57.4 Å². The van der Waals surface area contributed by atoms with Crippen LogP contribution in [0.2, 0.25) is 0 Å². The van der Waals surface area contributed by atoms with Crippen LogP contribution in [0.15, 0.2) is 60.9 Å². The number of fused-ring (bicyclic) bond motifs is 1. The van der Waals surface area contributed by atoms with Crippen molar-refractivity contribution in [3.05, 3.63) is 77.6 Å². The molecule has 0 amide bonds. The number of nitrogens with one attached hydrogen (secondary N) is 1. The van der Waals surface area contributed by atoms with Gasteiger partial charge in [0, 0.05) is 23.6 Å². The summed E-state index contributed by atoms with van der Waals surface area (Å²) >= 11 is 0. The molecule has 1 aliphatic rings. The highest BCUT2D eigenvalue weighted by Crippen LogP contribution is 2.46. The minimum absolute atomic E-state index is 0.0718. The normalized spacial score (nSPS) is 17.2. The van der Waals surface area contributed by atoms with E-state index in [-0.39, 0.29) is 16.9 Å². The minimum atomic E-state index is -1.30. The summed E-state index contributed by atoms with van der Waals surface area (Å²) in [6.45, 7) is 11.1. The van der Waals surface area contributed by atoms with Gasteiger partial charge < -0.3 is 15.2 Å². The van der Waals surface area contributed by atoms with E-state index in [9.17, 15) is 4.79 Å². The topological polar surface area (TPSA) is 71.5 Å². The van der Waals surface area contributed by atoms with Crippen molar-refractivity contribution in [3.8, 4) is 16.9 Å². The summed E-state index contributed by atoms with van der Waals surface area (Å²) in [5.41, 5.74) is 6.74. The second kappa shape index (κ2) is 7.97. The molecule has 5 heteroatoms. The van der Waals surface area contributed by atoms with Gasteiger partial charge in [0.15, 0.2) is 0 Å². The van der Waals surface area contributed by atoms with Gasteiger partial charge in [-0.3, -0.25) is 4.98 Å². The van der Waals surface area contributed by atoms with Gasteiger partial charge in [-0.1, -0.05) is 58.9 Å². The van der Waals surface area contributed by atoms with Gasteiger partial charge in [0.05, 0.1) is 6.04 Å². The molecular formula is C27H30N2O3. The lowest BCUT2D eigenvalue weighted by molar-refractivity contribution is 0.144. The molecule has 4 rings (SSSR count). The molecule has 5 nitrogen and oxygen atoms in total. The third kappa shape index (κ3) is 4.47. The van der Waals surface area contributed by atoms with E-state index in [1.807, 2.05) is 18.5 Å². The smallest absolute Gasteiger partial charge is 0.449 e. The highest BCUT2D eigenvalue weighted by atomic mass is 16.7. The first-order valence-electron chi connectivity index (χ1n) is 10.9. The molecule has 2 N–H and O–H groups in total. The van der Waals surface area contributed by atoms with Gasteiger partial charge in [-0.15, -0.1) is 0 Å². The van der Waals surface area contributed by atoms with E-state index in [0.717, 1.165) is 34.4 Å². The maximum absolute atomic E-state index is 10.9. The van der Waals surface area contributed by atoms with Gasteiger partial charge in [0.2, 0.25) is 0 Å². The van der Waals surface area contributed by atoms with Crippen molar-refractivity contribution in [1.29, 1.82) is 0 Å². The van der Waals surface area contributed by atoms with Crippen molar-refractivity contribution >= 4 is 11.8 Å². The van der Waals surface area contributed by atoms with E-state index in [4.69, 9.17) is 9.84 Å². The average Bonchev–Trinajstić information content (AvgIpc) is 2.72. The fraction of sp³-hybridized carbons (Fsp3) is 0.333. The van der Waals surface area contributed by atoms with Crippen molar-refractivity contribution in [2.24, 2.45) is 5.41 Å². The Morgan fingerprint density at radius 2 is 1.78 bits per heavy atom. The monoisotopic (exact) mass is 430 g/mol. The van der Waals surface area contributed by atoms with Crippen molar-refractivity contribution in [3.63, 3.8) is 0 Å². The number of anilines is 1. The lowest BCUT2D eigenvalue weighted by Gasteiger charge is -2.41. The van der Waals surface area contributed by atoms with E-state index in [1.54, 1.807) is 12.1 Å². The van der Waals surface area contributed by atoms with Crippen molar-refractivity contribution in [2.75, 3.05) is 5.32 Å². The zero-order valence-corrected chi connectivity index (χ0v) is 19.3. The Hall–Kier alpha value is -3.34. The summed E-state index contributed by atoms with van der Waals surface area (Å²) < 4.78 is 4.83. The van der Waals surface area contributed by atoms with Crippen LogP contribution in [0.4, 0.5) is 10.5 Å². The fourth-order valence-electron chi connectivity index (χ4n) is 4.44. The van der Waals surface area contributed by atoms with E-state index in [0.29, 0.717) is 5.75 Å². The zero-order chi connectivity index (χ0) is 23.1. The second-order valence-corrected chi connectivity index (χ2v) is 10.3. The molecule has 0 bridgehead atoms. The molecule has 0 saturated heterocycles. The van der Waals surface area contributed by atoms with Gasteiger partial charge in [0.1, 0.15) is 5.75 Å². The number of nitrogens with zero attached hydrogens (tertiary/aromatic N) is 1. The standard InChI is InChI=1S/C27H30N2O3/c1-26(2,3)21-8-6-17(7-9-21)19-12-20(16-28-15-19)24-27(4,5)14-18-13-22(32-25(30)31)10-11-23(18)29-24/h6-13,15-16,24,29H,14H2,1-5H3,(H,30,31). The number of hydrogen-bond acceptors (Lipinski definition) is 4. The minimum Gasteiger partial charge on any atom is -0.449 e. The number of hydrogen-bond donors (Lipinski definition) is 2. The predicted molar refractivity (Wildman–Crippen MR) is 127 cm³/mol. The van der Waals surface area contributed by atoms with E-state index < -0.39 is 6.16 Å². The SMILES string of the molecule is CC(C)(C)c1ccc(-c2cncc(C3Nc4ccc(OC(=O)O)cc4CC3(C)C)c2)cc1. The molecule has 166 valence electrons. The maximum Gasteiger partial charge on any atom is 0.511 e. The third-order valence-corrected chi connectivity index (χ3v) is 6.19. The van der Waals surface area contributed by atoms with Gasteiger partial charge in [-0.05, 0) is 63.8 Å². The summed E-state index contributed by atoms with van der Waals surface area (Å²) in [5, 5.41) is 12.5. The first kappa shape index (κ1) is 21.9. The molecule has 1 unspecified atom stereocenters. The number of carbonyl (C=O) groups is 1. The second-order valence-electron chi connectivity index (χ2n) is 10.3. The first-order valence-corrected chi connectivity index (χ1v) is 10.9. The van der Waals surface area contributed by atoms with E-state index in [1.165, 1.54) is 5.56 Å². The Balaban J connectivity index is 1.63. The summed E-state index contributed by atoms with van der Waals surface area (Å²) in [6.07, 6.45) is 3.33. The maximum atomic E-state index is 10.9. The van der Waals surface area contributed by atoms with Crippen LogP contribution >= 0.6 is 0 Å². The van der Waals surface area contributed by atoms with Crippen LogP contribution in [0.5, 0.6) is 5.75 Å². The predicted octanol–water partition coefficient (Wildman–Crippen LogP) is 6.84. The Morgan fingerprint density at radius 3 is 2.44 bits per heavy atom. The van der Waals surface area contributed by atoms with Crippen molar-refractivity contribution < 1.29 is 14.6 Å². The van der Waals surface area contributed by atoms with Gasteiger partial charge in [0.25, 0.3) is 0 Å². The molecule has 0 radical (unpaired) electrons. The molecular weight excluding hydrogens is 400 g/mol. The van der Waals surface area contributed by atoms with Gasteiger partial charge in [-0.25, -0.2) is 4.79 Å². The Morgan fingerprint density at radius 1 is 1.06 bits per heavy atom. The number of benzene rings is 2. The van der Waals surface area contributed by atoms with Crippen LogP contribution in [0, 0.1) is 5.41 Å². The largest absolute Gasteiger partial charge is 0.511 e. The third-order valence-electron chi connectivity index (χ3n) is 6.19. The molecule has 0 fully saturated rings. The Kier molecular flexibility index (Phi) is 5.45. The summed E-state index contributed by atoms with van der Waals surface area (Å²) in [7, 11) is 0. The fourth-order valence-corrected chi connectivity index (χ4v) is 4.44. The van der Waals surface area contributed by atoms with Crippen LogP contribution in [-0.2, 0) is 11.8 Å². The molecule has 1 aromatic heterocycles. The number of pyridine rings is 1. The Labute approximate surface area is 189 Å². The van der Waals surface area contributed by atoms with Crippen LogP contribution in [0.3, 0.4) is 0 Å². The van der Waals surface area contributed by atoms with Crippen molar-refractivity contribution in [1.82, 2.24) is 4.98 Å². The summed E-state index contributed by atoms with van der Waals surface area (Å²) in [6, 6.07) is 16.4. The van der Waals surface area contributed by atoms with Gasteiger partial charge >= 0.3 is 6.16 Å². The van der Waals surface area contributed by atoms with E-state index >= 15 is 0 Å². The lowest BCUT2D eigenvalue weighted by atomic mass is 9.73. The first-order chi connectivity index (χ1) is 15.0. The molecule has 32 heavy (non-hydrogen) atoms. The molecule has 1 aliphatic heterocycles. The van der Waals surface area contributed by atoms with E-state index in [2.05, 4.69) is 75.3 Å². The molecule has 2 aromatic carbocycles. The lowest BCUT2D eigenvalue weighted by Crippen LogP contribution is -2.35. The highest BCUT2D eigenvalue weighted by molar-refractivity contribution is 5.66. The summed E-state index contributed by atoms with van der Waals surface area (Å²) in [4.78, 5) is 15.4.